The van der Waals surface area contributed by atoms with Gasteiger partial charge in [0, 0.05) is 54.9 Å². The number of fused-ring (bicyclic) bond motifs is 4. The average Bonchev–Trinajstić information content (AvgIpc) is 3.37. The first-order chi connectivity index (χ1) is 21.1. The third-order valence-electron chi connectivity index (χ3n) is 8.56. The lowest BCUT2D eigenvalue weighted by molar-refractivity contribution is 0.0916. The number of phenols is 1. The molecule has 8 heteroatoms. The SMILES string of the molecule is CNc1nccc(-c2cc(NC3CCN(C(=O)OCC4c5ccccc5-c5ccccc54)CC3)c3cc(O)ccc3c2)n1. The maximum absolute atomic E-state index is 13.1. The van der Waals surface area contributed by atoms with E-state index >= 15 is 0 Å². The van der Waals surface area contributed by atoms with Crippen LogP contribution in [0.1, 0.15) is 29.9 Å². The van der Waals surface area contributed by atoms with Crippen LogP contribution in [0.5, 0.6) is 5.75 Å². The number of aromatic nitrogens is 2. The number of likely N-dealkylation sites (tertiary alicyclic amines) is 1. The van der Waals surface area contributed by atoms with E-state index in [2.05, 4.69) is 69.1 Å². The van der Waals surface area contributed by atoms with Crippen molar-refractivity contribution in [2.24, 2.45) is 0 Å². The number of phenolic OH excluding ortho intramolecular Hbond substituents is 1. The summed E-state index contributed by atoms with van der Waals surface area (Å²) in [5.41, 5.74) is 7.55. The molecule has 7 rings (SSSR count). The summed E-state index contributed by atoms with van der Waals surface area (Å²) in [4.78, 5) is 23.8. The number of carbonyl (C=O) groups excluding carboxylic acids is 1. The number of hydrogen-bond acceptors (Lipinski definition) is 7. The van der Waals surface area contributed by atoms with Crippen molar-refractivity contribution in [3.05, 3.63) is 102 Å². The van der Waals surface area contributed by atoms with Crippen molar-refractivity contribution in [2.45, 2.75) is 24.8 Å². The number of benzene rings is 4. The van der Waals surface area contributed by atoms with E-state index in [4.69, 9.17) is 4.74 Å². The fourth-order valence-electron chi connectivity index (χ4n) is 6.36. The van der Waals surface area contributed by atoms with Crippen molar-refractivity contribution in [1.29, 1.82) is 0 Å². The first-order valence-corrected chi connectivity index (χ1v) is 14.7. The lowest BCUT2D eigenvalue weighted by atomic mass is 9.98. The Morgan fingerprint density at radius 2 is 1.67 bits per heavy atom. The number of carbonyl (C=O) groups is 1. The molecule has 2 aliphatic rings. The molecule has 0 spiro atoms. The Morgan fingerprint density at radius 3 is 2.40 bits per heavy atom. The Morgan fingerprint density at radius 1 is 0.953 bits per heavy atom. The molecule has 0 bridgehead atoms. The van der Waals surface area contributed by atoms with Crippen molar-refractivity contribution in [3.8, 4) is 28.1 Å². The molecule has 3 N–H and O–H groups in total. The summed E-state index contributed by atoms with van der Waals surface area (Å²) in [6.07, 6.45) is 3.04. The first-order valence-electron chi connectivity index (χ1n) is 14.7. The molecule has 8 nitrogen and oxygen atoms in total. The molecule has 216 valence electrons. The van der Waals surface area contributed by atoms with Gasteiger partial charge in [-0.25, -0.2) is 14.8 Å². The van der Waals surface area contributed by atoms with Crippen molar-refractivity contribution in [1.82, 2.24) is 14.9 Å². The van der Waals surface area contributed by atoms with Crippen LogP contribution in [0.15, 0.2) is 91.1 Å². The summed E-state index contributed by atoms with van der Waals surface area (Å²) in [6.45, 7) is 1.54. The van der Waals surface area contributed by atoms with E-state index in [0.29, 0.717) is 25.6 Å². The lowest BCUT2D eigenvalue weighted by Gasteiger charge is -2.33. The summed E-state index contributed by atoms with van der Waals surface area (Å²) in [6, 6.07) is 28.3. The zero-order valence-corrected chi connectivity index (χ0v) is 24.0. The minimum Gasteiger partial charge on any atom is -0.508 e. The maximum atomic E-state index is 13.1. The van der Waals surface area contributed by atoms with Crippen LogP contribution in [0, 0.1) is 0 Å². The Kier molecular flexibility index (Phi) is 7.02. The Balaban J connectivity index is 1.03. The van der Waals surface area contributed by atoms with Gasteiger partial charge in [0.1, 0.15) is 12.4 Å². The van der Waals surface area contributed by atoms with Crippen LogP contribution >= 0.6 is 0 Å². The van der Waals surface area contributed by atoms with Crippen LogP contribution in [0.25, 0.3) is 33.2 Å². The smallest absolute Gasteiger partial charge is 0.409 e. The van der Waals surface area contributed by atoms with E-state index in [9.17, 15) is 9.90 Å². The van der Waals surface area contributed by atoms with Gasteiger partial charge in [-0.05, 0) is 70.8 Å². The fraction of sp³-hybridized carbons (Fsp3) is 0.229. The van der Waals surface area contributed by atoms with Gasteiger partial charge in [0.15, 0.2) is 0 Å². The molecule has 1 saturated heterocycles. The number of hydrogen-bond donors (Lipinski definition) is 3. The van der Waals surface area contributed by atoms with Crippen LogP contribution in [-0.2, 0) is 4.74 Å². The molecule has 1 aliphatic carbocycles. The molecular formula is C35H33N5O3. The molecular weight excluding hydrogens is 538 g/mol. The van der Waals surface area contributed by atoms with Gasteiger partial charge in [0.05, 0.1) is 5.69 Å². The van der Waals surface area contributed by atoms with Crippen molar-refractivity contribution >= 4 is 28.5 Å². The molecule has 1 fully saturated rings. The highest BCUT2D eigenvalue weighted by molar-refractivity contribution is 5.98. The molecule has 0 radical (unpaired) electrons. The summed E-state index contributed by atoms with van der Waals surface area (Å²) in [5, 5.41) is 18.9. The highest BCUT2D eigenvalue weighted by Crippen LogP contribution is 2.44. The summed E-state index contributed by atoms with van der Waals surface area (Å²) in [5.74, 6) is 0.818. The van der Waals surface area contributed by atoms with Gasteiger partial charge in [-0.1, -0.05) is 54.6 Å². The molecule has 1 aromatic heterocycles. The van der Waals surface area contributed by atoms with Gasteiger partial charge < -0.3 is 25.4 Å². The van der Waals surface area contributed by atoms with Gasteiger partial charge in [0.2, 0.25) is 5.95 Å². The molecule has 1 aliphatic heterocycles. The second-order valence-electron chi connectivity index (χ2n) is 11.2. The lowest BCUT2D eigenvalue weighted by Crippen LogP contribution is -2.43. The topological polar surface area (TPSA) is 99.6 Å². The van der Waals surface area contributed by atoms with Crippen molar-refractivity contribution in [3.63, 3.8) is 0 Å². The highest BCUT2D eigenvalue weighted by Gasteiger charge is 2.30. The predicted molar refractivity (Wildman–Crippen MR) is 169 cm³/mol. The van der Waals surface area contributed by atoms with E-state index in [-0.39, 0.29) is 23.8 Å². The number of piperidine rings is 1. The van der Waals surface area contributed by atoms with E-state index < -0.39 is 0 Å². The second-order valence-corrected chi connectivity index (χ2v) is 11.2. The highest BCUT2D eigenvalue weighted by atomic mass is 16.6. The zero-order chi connectivity index (χ0) is 29.3. The van der Waals surface area contributed by atoms with E-state index in [1.807, 2.05) is 29.2 Å². The van der Waals surface area contributed by atoms with Crippen molar-refractivity contribution in [2.75, 3.05) is 37.4 Å². The third-order valence-corrected chi connectivity index (χ3v) is 8.56. The minimum absolute atomic E-state index is 0.0478. The largest absolute Gasteiger partial charge is 0.508 e. The van der Waals surface area contributed by atoms with E-state index in [1.165, 1.54) is 22.3 Å². The Hall–Kier alpha value is -5.11. The van der Waals surface area contributed by atoms with Crippen LogP contribution in [0.4, 0.5) is 16.4 Å². The van der Waals surface area contributed by atoms with E-state index in [0.717, 1.165) is 40.6 Å². The van der Waals surface area contributed by atoms with Gasteiger partial charge in [0.25, 0.3) is 0 Å². The van der Waals surface area contributed by atoms with Crippen LogP contribution in [0.2, 0.25) is 0 Å². The first kappa shape index (κ1) is 26.8. The summed E-state index contributed by atoms with van der Waals surface area (Å²) >= 11 is 0. The number of rotatable bonds is 6. The number of nitrogens with zero attached hydrogens (tertiary/aromatic N) is 3. The third kappa shape index (κ3) is 5.20. The van der Waals surface area contributed by atoms with Crippen LogP contribution in [0.3, 0.4) is 0 Å². The molecule has 43 heavy (non-hydrogen) atoms. The van der Waals surface area contributed by atoms with E-state index in [1.54, 1.807) is 25.4 Å². The number of nitrogens with one attached hydrogen (secondary N) is 2. The molecule has 0 saturated carbocycles. The maximum Gasteiger partial charge on any atom is 0.409 e. The van der Waals surface area contributed by atoms with Gasteiger partial charge in [-0.15, -0.1) is 0 Å². The number of anilines is 2. The average molecular weight is 572 g/mol. The fourth-order valence-corrected chi connectivity index (χ4v) is 6.36. The zero-order valence-electron chi connectivity index (χ0n) is 24.0. The Labute approximate surface area is 250 Å². The van der Waals surface area contributed by atoms with Gasteiger partial charge >= 0.3 is 6.09 Å². The number of ether oxygens (including phenoxy) is 1. The standard InChI is InChI=1S/C35H33N5O3/c1-36-34-37-15-12-32(39-34)23-18-22-10-11-25(41)20-30(22)33(19-23)38-24-13-16-40(17-14-24)35(42)43-21-31-28-8-4-2-6-26(28)27-7-3-5-9-29(27)31/h2-12,15,18-20,24,31,38,41H,13-14,16-17,21H2,1H3,(H,36,37,39). The van der Waals surface area contributed by atoms with Crippen LogP contribution in [-0.4, -0.2) is 58.9 Å². The molecule has 2 heterocycles. The quantitative estimate of drug-likeness (QED) is 0.205. The normalized spacial score (nSPS) is 14.8. The molecule has 4 aromatic carbocycles. The summed E-state index contributed by atoms with van der Waals surface area (Å²) in [7, 11) is 1.80. The number of aromatic hydroxyl groups is 1. The second kappa shape index (κ2) is 11.3. The van der Waals surface area contributed by atoms with Gasteiger partial charge in [-0.2, -0.15) is 0 Å². The number of amides is 1. The molecule has 5 aromatic rings. The minimum atomic E-state index is -0.262. The van der Waals surface area contributed by atoms with Gasteiger partial charge in [-0.3, -0.25) is 0 Å². The van der Waals surface area contributed by atoms with Crippen LogP contribution < -0.4 is 10.6 Å². The summed E-state index contributed by atoms with van der Waals surface area (Å²) < 4.78 is 5.91. The molecule has 0 unspecified atom stereocenters. The molecule has 0 atom stereocenters. The Bertz CT molecular complexity index is 1770. The molecule has 1 amide bonds. The predicted octanol–water partition coefficient (Wildman–Crippen LogP) is 6.87. The monoisotopic (exact) mass is 571 g/mol. The van der Waals surface area contributed by atoms with Crippen molar-refractivity contribution < 1.29 is 14.6 Å².